The summed E-state index contributed by atoms with van der Waals surface area (Å²) in [7, 11) is 0. The average Bonchev–Trinajstić information content (AvgIpc) is 1.35. The second kappa shape index (κ2) is 2.07. The summed E-state index contributed by atoms with van der Waals surface area (Å²) in [6.45, 7) is 0.277. The van der Waals surface area contributed by atoms with Gasteiger partial charge in [-0.1, -0.05) is 0 Å². The molecular formula is C2H8N2S2. The molecule has 0 aliphatic carbocycles. The van der Waals surface area contributed by atoms with Crippen LogP contribution in [0.2, 0.25) is 0 Å². The van der Waals surface area contributed by atoms with Crippen molar-refractivity contribution in [2.24, 2.45) is 11.5 Å². The molecular weight excluding hydrogens is 116 g/mol. The van der Waals surface area contributed by atoms with Crippen molar-refractivity contribution in [2.75, 3.05) is 6.54 Å². The minimum Gasteiger partial charge on any atom is -0.327 e. The lowest BCUT2D eigenvalue weighted by molar-refractivity contribution is 0.866. The van der Waals surface area contributed by atoms with Gasteiger partial charge in [0.1, 0.15) is 4.20 Å². The monoisotopic (exact) mass is 124 g/mol. The van der Waals surface area contributed by atoms with Crippen LogP contribution in [-0.4, -0.2) is 10.7 Å². The largest absolute Gasteiger partial charge is 0.327 e. The Morgan fingerprint density at radius 2 is 1.67 bits per heavy atom. The van der Waals surface area contributed by atoms with Gasteiger partial charge in [-0.05, 0) is 0 Å². The lowest BCUT2D eigenvalue weighted by atomic mass is 10.7. The molecule has 0 heterocycles. The Balaban J connectivity index is 3.17. The maximum absolute atomic E-state index is 5.14. The lowest BCUT2D eigenvalue weighted by Gasteiger charge is -2.10. The quantitative estimate of drug-likeness (QED) is 0.279. The molecule has 6 heavy (non-hydrogen) atoms. The van der Waals surface area contributed by atoms with Crippen LogP contribution in [0.5, 0.6) is 0 Å². The second-order valence-electron chi connectivity index (χ2n) is 1.08. The highest BCUT2D eigenvalue weighted by Gasteiger charge is 2.06. The van der Waals surface area contributed by atoms with E-state index in [1.807, 2.05) is 0 Å². The molecule has 0 saturated carbocycles. The van der Waals surface area contributed by atoms with Crippen molar-refractivity contribution in [1.82, 2.24) is 0 Å². The standard InChI is InChI=1S/C2H8N2S2/c3-1-2(4,5)6/h5-6H,1,3-4H2. The maximum Gasteiger partial charge on any atom is 0.116 e. The Kier molecular flexibility index (Phi) is 2.28. The van der Waals surface area contributed by atoms with E-state index < -0.39 is 4.20 Å². The van der Waals surface area contributed by atoms with Crippen LogP contribution in [0.25, 0.3) is 0 Å². The van der Waals surface area contributed by atoms with Crippen molar-refractivity contribution in [3.63, 3.8) is 0 Å². The fourth-order valence-electron chi connectivity index (χ4n) is 0. The van der Waals surface area contributed by atoms with Crippen LogP contribution in [0, 0.1) is 0 Å². The first-order valence-electron chi connectivity index (χ1n) is 1.50. The molecule has 0 aromatic heterocycles. The Bertz CT molecular complexity index is 39.3. The van der Waals surface area contributed by atoms with Crippen LogP contribution in [-0.2, 0) is 0 Å². The van der Waals surface area contributed by atoms with Crippen molar-refractivity contribution in [1.29, 1.82) is 0 Å². The summed E-state index contributed by atoms with van der Waals surface area (Å²) < 4.78 is -0.792. The van der Waals surface area contributed by atoms with Crippen molar-refractivity contribution in [3.8, 4) is 0 Å². The second-order valence-corrected chi connectivity index (χ2v) is 3.03. The summed E-state index contributed by atoms with van der Waals surface area (Å²) in [5, 5.41) is 0. The topological polar surface area (TPSA) is 52.0 Å². The highest BCUT2D eigenvalue weighted by molar-refractivity contribution is 8.00. The van der Waals surface area contributed by atoms with Gasteiger partial charge in [-0.15, -0.1) is 25.3 Å². The van der Waals surface area contributed by atoms with Gasteiger partial charge in [-0.3, -0.25) is 0 Å². The summed E-state index contributed by atoms with van der Waals surface area (Å²) in [6.07, 6.45) is 0. The molecule has 0 amide bonds. The number of rotatable bonds is 1. The van der Waals surface area contributed by atoms with Gasteiger partial charge in [0.05, 0.1) is 0 Å². The third kappa shape index (κ3) is 4.62. The lowest BCUT2D eigenvalue weighted by Crippen LogP contribution is -2.35. The van der Waals surface area contributed by atoms with Crippen LogP contribution in [0.15, 0.2) is 0 Å². The normalized spacial score (nSPS) is 12.0. The summed E-state index contributed by atoms with van der Waals surface area (Å²) in [6, 6.07) is 0. The van der Waals surface area contributed by atoms with Crippen molar-refractivity contribution >= 4 is 25.3 Å². The van der Waals surface area contributed by atoms with E-state index in [0.29, 0.717) is 0 Å². The van der Waals surface area contributed by atoms with E-state index in [1.165, 1.54) is 0 Å². The van der Waals surface area contributed by atoms with Crippen LogP contribution >= 0.6 is 25.3 Å². The van der Waals surface area contributed by atoms with E-state index in [0.717, 1.165) is 0 Å². The summed E-state index contributed by atoms with van der Waals surface area (Å²) in [4.78, 5) is 0. The smallest absolute Gasteiger partial charge is 0.116 e. The van der Waals surface area contributed by atoms with Crippen LogP contribution < -0.4 is 11.5 Å². The molecule has 0 aromatic carbocycles. The maximum atomic E-state index is 5.14. The van der Waals surface area contributed by atoms with Gasteiger partial charge in [0.25, 0.3) is 0 Å². The van der Waals surface area contributed by atoms with Crippen molar-refractivity contribution < 1.29 is 0 Å². The minimum absolute atomic E-state index is 0.277. The molecule has 4 heteroatoms. The Hall–Kier alpha value is 0.620. The van der Waals surface area contributed by atoms with Gasteiger partial charge in [0.2, 0.25) is 0 Å². The fraction of sp³-hybridized carbons (Fsp3) is 1.00. The molecule has 0 aliphatic heterocycles. The van der Waals surface area contributed by atoms with E-state index >= 15 is 0 Å². The summed E-state index contributed by atoms with van der Waals surface area (Å²) in [5.41, 5.74) is 10.2. The van der Waals surface area contributed by atoms with Crippen LogP contribution in [0.3, 0.4) is 0 Å². The SMILES string of the molecule is NCC(N)(S)S. The van der Waals surface area contributed by atoms with Gasteiger partial charge < -0.3 is 11.5 Å². The highest BCUT2D eigenvalue weighted by Crippen LogP contribution is 2.06. The molecule has 0 saturated heterocycles. The van der Waals surface area contributed by atoms with E-state index in [4.69, 9.17) is 11.5 Å². The first kappa shape index (κ1) is 6.62. The third-order valence-corrected chi connectivity index (χ3v) is 0.666. The van der Waals surface area contributed by atoms with Gasteiger partial charge in [0, 0.05) is 6.54 Å². The summed E-state index contributed by atoms with van der Waals surface area (Å²) >= 11 is 7.54. The van der Waals surface area contributed by atoms with Gasteiger partial charge in [0.15, 0.2) is 0 Å². The average molecular weight is 124 g/mol. The highest BCUT2D eigenvalue weighted by atomic mass is 32.2. The Morgan fingerprint density at radius 3 is 1.67 bits per heavy atom. The molecule has 2 nitrogen and oxygen atoms in total. The number of hydrogen-bond acceptors (Lipinski definition) is 4. The predicted octanol–water partition coefficient (Wildman–Crippen LogP) is -0.583. The van der Waals surface area contributed by atoms with Gasteiger partial charge in [-0.25, -0.2) is 0 Å². The van der Waals surface area contributed by atoms with Crippen molar-refractivity contribution in [3.05, 3.63) is 0 Å². The first-order valence-corrected chi connectivity index (χ1v) is 2.39. The number of thiol groups is 2. The zero-order valence-electron chi connectivity index (χ0n) is 3.26. The van der Waals surface area contributed by atoms with E-state index in [-0.39, 0.29) is 6.54 Å². The zero-order chi connectivity index (χ0) is 5.21. The van der Waals surface area contributed by atoms with E-state index in [2.05, 4.69) is 25.3 Å². The minimum atomic E-state index is -0.792. The van der Waals surface area contributed by atoms with E-state index in [9.17, 15) is 0 Å². The first-order chi connectivity index (χ1) is 2.56. The molecule has 0 fully saturated rings. The molecule has 0 aliphatic rings. The van der Waals surface area contributed by atoms with Gasteiger partial charge >= 0.3 is 0 Å². The molecule has 0 spiro atoms. The third-order valence-electron chi connectivity index (χ3n) is 0.300. The summed E-state index contributed by atoms with van der Waals surface area (Å²) in [5.74, 6) is 0. The van der Waals surface area contributed by atoms with Crippen LogP contribution in [0.1, 0.15) is 0 Å². The number of nitrogens with two attached hydrogens (primary N) is 2. The molecule has 0 unspecified atom stereocenters. The zero-order valence-corrected chi connectivity index (χ0v) is 5.05. The molecule has 38 valence electrons. The number of hydrogen-bond donors (Lipinski definition) is 4. The molecule has 0 atom stereocenters. The molecule has 4 N–H and O–H groups in total. The fourth-order valence-corrected chi connectivity index (χ4v) is 0. The van der Waals surface area contributed by atoms with E-state index in [1.54, 1.807) is 0 Å². The Morgan fingerprint density at radius 1 is 1.50 bits per heavy atom. The molecule has 0 bridgehead atoms. The molecule has 0 radical (unpaired) electrons. The van der Waals surface area contributed by atoms with Crippen molar-refractivity contribution in [2.45, 2.75) is 4.20 Å². The Labute approximate surface area is 48.1 Å². The molecule has 0 aromatic rings. The van der Waals surface area contributed by atoms with Crippen LogP contribution in [0.4, 0.5) is 0 Å². The predicted molar refractivity (Wildman–Crippen MR) is 33.9 cm³/mol. The van der Waals surface area contributed by atoms with Gasteiger partial charge in [-0.2, -0.15) is 0 Å². The molecule has 0 rings (SSSR count).